The highest BCUT2D eigenvalue weighted by atomic mass is 19.2. The fourth-order valence-corrected chi connectivity index (χ4v) is 1.79. The number of halogens is 3. The molecule has 1 aromatic heterocycles. The average molecular weight is 254 g/mol. The van der Waals surface area contributed by atoms with Gasteiger partial charge >= 0.3 is 0 Å². The Hall–Kier alpha value is -1.78. The Kier molecular flexibility index (Phi) is 3.15. The van der Waals surface area contributed by atoms with Gasteiger partial charge in [-0.05, 0) is 18.1 Å². The van der Waals surface area contributed by atoms with E-state index in [1.165, 1.54) is 0 Å². The molecule has 0 amide bonds. The molecule has 0 saturated heterocycles. The van der Waals surface area contributed by atoms with Crippen LogP contribution in [-0.2, 0) is 0 Å². The van der Waals surface area contributed by atoms with Crippen molar-refractivity contribution in [2.24, 2.45) is 0 Å². The number of rotatable bonds is 2. The van der Waals surface area contributed by atoms with E-state index >= 15 is 0 Å². The molecule has 5 heteroatoms. The zero-order valence-electron chi connectivity index (χ0n) is 10.3. The molecule has 1 heterocycles. The van der Waals surface area contributed by atoms with Gasteiger partial charge in [0.25, 0.3) is 0 Å². The van der Waals surface area contributed by atoms with Crippen LogP contribution in [0.4, 0.5) is 18.9 Å². The number of nitrogens with one attached hydrogen (secondary N) is 1. The van der Waals surface area contributed by atoms with Gasteiger partial charge in [-0.15, -0.1) is 0 Å². The summed E-state index contributed by atoms with van der Waals surface area (Å²) in [4.78, 5) is 4.06. The zero-order chi connectivity index (χ0) is 13.4. The molecule has 0 bridgehead atoms. The van der Waals surface area contributed by atoms with Gasteiger partial charge in [-0.2, -0.15) is 0 Å². The van der Waals surface area contributed by atoms with Crippen LogP contribution in [0, 0.1) is 17.5 Å². The van der Waals surface area contributed by atoms with Gasteiger partial charge in [0, 0.05) is 23.8 Å². The lowest BCUT2D eigenvalue weighted by molar-refractivity contribution is 0.452. The first-order valence-electron chi connectivity index (χ1n) is 5.61. The van der Waals surface area contributed by atoms with Gasteiger partial charge in [0.2, 0.25) is 0 Å². The monoisotopic (exact) mass is 254 g/mol. The first-order valence-corrected chi connectivity index (χ1v) is 5.61. The predicted octanol–water partition coefficient (Wildman–Crippen LogP) is 3.82. The van der Waals surface area contributed by atoms with Gasteiger partial charge in [-0.3, -0.25) is 0 Å². The van der Waals surface area contributed by atoms with Gasteiger partial charge < -0.3 is 5.32 Å². The van der Waals surface area contributed by atoms with Crippen molar-refractivity contribution in [3.63, 3.8) is 0 Å². The molecule has 0 atom stereocenters. The summed E-state index contributed by atoms with van der Waals surface area (Å²) >= 11 is 0. The van der Waals surface area contributed by atoms with Crippen LogP contribution < -0.4 is 5.32 Å². The summed E-state index contributed by atoms with van der Waals surface area (Å²) in [6, 6.07) is 2.67. The quantitative estimate of drug-likeness (QED) is 0.824. The Bertz CT molecular complexity index is 609. The molecule has 2 aromatic rings. The Balaban J connectivity index is 2.88. The third-order valence-corrected chi connectivity index (χ3v) is 2.82. The second-order valence-electron chi connectivity index (χ2n) is 4.38. The summed E-state index contributed by atoms with van der Waals surface area (Å²) in [7, 11) is 1.64. The molecule has 0 saturated carbocycles. The van der Waals surface area contributed by atoms with Crippen molar-refractivity contribution < 1.29 is 13.2 Å². The number of aromatic nitrogens is 1. The average Bonchev–Trinajstić information content (AvgIpc) is 2.35. The fraction of sp³-hybridized carbons (Fsp3) is 0.308. The molecule has 96 valence electrons. The Labute approximate surface area is 103 Å². The number of nitrogens with zero attached hydrogens (tertiary/aromatic N) is 1. The van der Waals surface area contributed by atoms with Gasteiger partial charge in [-0.25, -0.2) is 18.2 Å². The zero-order valence-corrected chi connectivity index (χ0v) is 10.3. The first-order chi connectivity index (χ1) is 8.45. The van der Waals surface area contributed by atoms with Crippen molar-refractivity contribution in [3.05, 3.63) is 35.3 Å². The number of hydrogen-bond acceptors (Lipinski definition) is 2. The summed E-state index contributed by atoms with van der Waals surface area (Å²) in [6.45, 7) is 3.79. The van der Waals surface area contributed by atoms with Crippen LogP contribution in [0.15, 0.2) is 12.1 Å². The molecule has 0 radical (unpaired) electrons. The Morgan fingerprint density at radius 2 is 1.78 bits per heavy atom. The van der Waals surface area contributed by atoms with Crippen LogP contribution in [-0.4, -0.2) is 12.0 Å². The molecule has 1 aromatic carbocycles. The normalized spacial score (nSPS) is 11.3. The van der Waals surface area contributed by atoms with Crippen molar-refractivity contribution in [1.82, 2.24) is 4.98 Å². The molecule has 0 spiro atoms. The van der Waals surface area contributed by atoms with Crippen LogP contribution >= 0.6 is 0 Å². The summed E-state index contributed by atoms with van der Waals surface area (Å²) in [6.07, 6.45) is 0. The molecule has 18 heavy (non-hydrogen) atoms. The molecule has 0 unspecified atom stereocenters. The minimum Gasteiger partial charge on any atom is -0.388 e. The van der Waals surface area contributed by atoms with Crippen LogP contribution in [0.5, 0.6) is 0 Å². The topological polar surface area (TPSA) is 24.9 Å². The van der Waals surface area contributed by atoms with Crippen LogP contribution in [0.2, 0.25) is 0 Å². The van der Waals surface area contributed by atoms with E-state index in [-0.39, 0.29) is 16.8 Å². The second-order valence-corrected chi connectivity index (χ2v) is 4.38. The van der Waals surface area contributed by atoms with E-state index in [0.717, 1.165) is 6.07 Å². The van der Waals surface area contributed by atoms with Crippen molar-refractivity contribution in [1.29, 1.82) is 0 Å². The van der Waals surface area contributed by atoms with Gasteiger partial charge in [0.05, 0.1) is 0 Å². The highest BCUT2D eigenvalue weighted by Crippen LogP contribution is 2.30. The van der Waals surface area contributed by atoms with E-state index in [2.05, 4.69) is 10.3 Å². The molecule has 0 aliphatic heterocycles. The maximum Gasteiger partial charge on any atom is 0.196 e. The first kappa shape index (κ1) is 12.7. The molecule has 2 nitrogen and oxygen atoms in total. The molecular weight excluding hydrogens is 241 g/mol. The molecular formula is C13H13F3N2. The van der Waals surface area contributed by atoms with Gasteiger partial charge in [0.1, 0.15) is 5.52 Å². The molecule has 0 aliphatic rings. The standard InChI is InChI=1S/C13H13F3N2/c1-6(2)9-5-10(17-3)7-4-8(14)11(15)12(16)13(7)18-9/h4-6H,1-3H3,(H,17,18). The number of fused-ring (bicyclic) bond motifs is 1. The number of benzene rings is 1. The highest BCUT2D eigenvalue weighted by molar-refractivity contribution is 5.92. The molecule has 0 fully saturated rings. The summed E-state index contributed by atoms with van der Waals surface area (Å²) < 4.78 is 40.1. The highest BCUT2D eigenvalue weighted by Gasteiger charge is 2.18. The fourth-order valence-electron chi connectivity index (χ4n) is 1.79. The lowest BCUT2D eigenvalue weighted by atomic mass is 10.1. The maximum absolute atomic E-state index is 13.7. The van der Waals surface area contributed by atoms with Crippen LogP contribution in [0.25, 0.3) is 10.9 Å². The summed E-state index contributed by atoms with van der Waals surface area (Å²) in [5, 5.41) is 3.08. The Morgan fingerprint density at radius 3 is 2.33 bits per heavy atom. The van der Waals surface area contributed by atoms with E-state index in [9.17, 15) is 13.2 Å². The largest absolute Gasteiger partial charge is 0.388 e. The smallest absolute Gasteiger partial charge is 0.196 e. The van der Waals surface area contributed by atoms with E-state index in [1.54, 1.807) is 13.1 Å². The second kappa shape index (κ2) is 4.48. The lowest BCUT2D eigenvalue weighted by Crippen LogP contribution is -2.02. The summed E-state index contributed by atoms with van der Waals surface area (Å²) in [5.74, 6) is -3.88. The Morgan fingerprint density at radius 1 is 1.11 bits per heavy atom. The molecule has 0 aliphatic carbocycles. The molecule has 1 N–H and O–H groups in total. The van der Waals surface area contributed by atoms with Gasteiger partial charge in [0.15, 0.2) is 17.5 Å². The SMILES string of the molecule is CNc1cc(C(C)C)nc2c(F)c(F)c(F)cc12. The van der Waals surface area contributed by atoms with E-state index in [4.69, 9.17) is 0 Å². The van der Waals surface area contributed by atoms with Gasteiger partial charge in [-0.1, -0.05) is 13.8 Å². The van der Waals surface area contributed by atoms with E-state index in [0.29, 0.717) is 11.4 Å². The van der Waals surface area contributed by atoms with Crippen molar-refractivity contribution in [2.45, 2.75) is 19.8 Å². The maximum atomic E-state index is 13.7. The third-order valence-electron chi connectivity index (χ3n) is 2.82. The summed E-state index contributed by atoms with van der Waals surface area (Å²) in [5.41, 5.74) is 1.00. The minimum absolute atomic E-state index is 0.0639. The lowest BCUT2D eigenvalue weighted by Gasteiger charge is -2.12. The number of anilines is 1. The van der Waals surface area contributed by atoms with Crippen LogP contribution in [0.3, 0.4) is 0 Å². The van der Waals surface area contributed by atoms with E-state index in [1.807, 2.05) is 13.8 Å². The minimum atomic E-state index is -1.49. The van der Waals surface area contributed by atoms with Crippen LogP contribution in [0.1, 0.15) is 25.5 Å². The van der Waals surface area contributed by atoms with E-state index < -0.39 is 17.5 Å². The number of hydrogen-bond donors (Lipinski definition) is 1. The third kappa shape index (κ3) is 1.89. The number of pyridine rings is 1. The predicted molar refractivity (Wildman–Crippen MR) is 65.3 cm³/mol. The van der Waals surface area contributed by atoms with Crippen molar-refractivity contribution in [2.75, 3.05) is 12.4 Å². The van der Waals surface area contributed by atoms with Crippen molar-refractivity contribution in [3.8, 4) is 0 Å². The van der Waals surface area contributed by atoms with Crippen molar-refractivity contribution >= 4 is 16.6 Å². The molecule has 2 rings (SSSR count).